The van der Waals surface area contributed by atoms with E-state index < -0.39 is 0 Å². The normalized spacial score (nSPS) is 11.5. The van der Waals surface area contributed by atoms with Crippen LogP contribution in [-0.4, -0.2) is 124 Å². The van der Waals surface area contributed by atoms with Crippen molar-refractivity contribution in [1.29, 1.82) is 0 Å². The number of nitrogens with one attached hydrogen (secondary N) is 6. The summed E-state index contributed by atoms with van der Waals surface area (Å²) >= 11 is 0. The maximum atomic E-state index is 13.7. The van der Waals surface area contributed by atoms with Crippen molar-refractivity contribution in [3.8, 4) is 0 Å². The third-order valence-corrected chi connectivity index (χ3v) is 9.97. The summed E-state index contributed by atoms with van der Waals surface area (Å²) in [5.74, 6) is -0.490. The van der Waals surface area contributed by atoms with Gasteiger partial charge in [0.25, 0.3) is 11.8 Å². The van der Waals surface area contributed by atoms with Crippen molar-refractivity contribution in [3.63, 3.8) is 0 Å². The van der Waals surface area contributed by atoms with Gasteiger partial charge in [-0.2, -0.15) is 0 Å². The molecule has 0 atom stereocenters. The number of carbonyl (C=O) groups excluding carboxylic acids is 2. The molecule has 0 aliphatic heterocycles. The Bertz CT molecular complexity index is 2310. The van der Waals surface area contributed by atoms with E-state index in [4.69, 9.17) is 0 Å². The minimum atomic E-state index is -0.245. The number of likely N-dealkylation sites (N-methyl/N-ethyl adjacent to an activating group) is 2. The van der Waals surface area contributed by atoms with E-state index in [-0.39, 0.29) is 35.1 Å². The van der Waals surface area contributed by atoms with Crippen LogP contribution in [0.3, 0.4) is 0 Å². The molecule has 0 fully saturated rings. The van der Waals surface area contributed by atoms with Crippen LogP contribution in [0.4, 0.5) is 11.4 Å². The van der Waals surface area contributed by atoms with E-state index in [1.165, 1.54) is 0 Å². The predicted octanol–water partition coefficient (Wildman–Crippen LogP) is 4.92. The highest BCUT2D eigenvalue weighted by Crippen LogP contribution is 2.27. The highest BCUT2D eigenvalue weighted by molar-refractivity contribution is 6.12. The van der Waals surface area contributed by atoms with Crippen LogP contribution in [-0.2, 0) is 0 Å². The molecule has 0 aliphatic rings. The topological polar surface area (TPSA) is 158 Å². The van der Waals surface area contributed by atoms with Crippen molar-refractivity contribution in [1.82, 2.24) is 35.3 Å². The fourth-order valence-corrected chi connectivity index (χ4v) is 6.96. The molecule has 2 heterocycles. The largest absolute Gasteiger partial charge is 0.383 e. The summed E-state index contributed by atoms with van der Waals surface area (Å²) in [6.07, 6.45) is 1.44. The summed E-state index contributed by atoms with van der Waals surface area (Å²) < 4.78 is 0. The molecule has 0 bridgehead atoms. The smallest absolute Gasteiger partial charge is 0.253 e. The van der Waals surface area contributed by atoms with E-state index in [1.807, 2.05) is 83.8 Å². The molecular weight excluding hydrogens is 742 g/mol. The number of anilines is 2. The van der Waals surface area contributed by atoms with Crippen LogP contribution in [0, 0.1) is 0 Å². The van der Waals surface area contributed by atoms with Gasteiger partial charge in [-0.1, -0.05) is 24.3 Å². The summed E-state index contributed by atoms with van der Waals surface area (Å²) in [5.41, 5.74) is 4.39. The average Bonchev–Trinajstić information content (AvgIpc) is 3.18. The number of aromatic amines is 2. The van der Waals surface area contributed by atoms with Crippen LogP contribution in [0.25, 0.3) is 43.6 Å². The Morgan fingerprint density at radius 2 is 0.947 bits per heavy atom. The number of para-hydroxylation sites is 2. The van der Waals surface area contributed by atoms with E-state index in [0.29, 0.717) is 92.3 Å². The number of carbonyl (C=O) groups is 2. The van der Waals surface area contributed by atoms with Gasteiger partial charge in [-0.25, -0.2) is 0 Å². The Morgan fingerprint density at radius 1 is 0.544 bits per heavy atom. The van der Waals surface area contributed by atoms with E-state index in [9.17, 15) is 19.2 Å². The van der Waals surface area contributed by atoms with Crippen LogP contribution >= 0.6 is 12.4 Å². The third-order valence-electron chi connectivity index (χ3n) is 9.97. The quantitative estimate of drug-likeness (QED) is 0.0526. The molecule has 0 saturated carbocycles. The summed E-state index contributed by atoms with van der Waals surface area (Å²) in [7, 11) is 9.99. The SMILES string of the molecule is CN(C)CCNc1ccc(C(=O)NCCCN(C)CCCNC(=O)c2ccc(NCCN(C)C)c3c(=O)c4ccccc4[nH]c23)c2[nH]c3ccccc3c(=O)c12.Cl. The molecule has 2 aromatic heterocycles. The zero-order chi connectivity index (χ0) is 39.8. The monoisotopic (exact) mass is 795 g/mol. The van der Waals surface area contributed by atoms with Crippen LogP contribution in [0.2, 0.25) is 0 Å². The van der Waals surface area contributed by atoms with Gasteiger partial charge in [-0.05, 0) is 110 Å². The standard InChI is InChI=1S/C43H53N9O4.ClH/c1-50(2)26-22-44-34-18-16-30(38-36(34)40(53)28-12-6-8-14-32(28)48-38)42(55)46-20-10-24-52(5)25-11-21-47-43(56)31-17-19-35(45-23-27-51(3)4)37-39(31)49-33-15-9-7-13-29(33)41(37)54;/h6-9,12-19,44-45H,10-11,20-27H2,1-5H3,(H,46,55)(H,47,56)(H,48,53)(H,49,54);1H. The summed E-state index contributed by atoms with van der Waals surface area (Å²) in [6.45, 7) is 5.30. The lowest BCUT2D eigenvalue weighted by Gasteiger charge is -2.18. The Hall–Kier alpha value is -5.47. The van der Waals surface area contributed by atoms with Gasteiger partial charge in [0.15, 0.2) is 10.9 Å². The van der Waals surface area contributed by atoms with Crippen molar-refractivity contribution in [2.24, 2.45) is 0 Å². The van der Waals surface area contributed by atoms with Gasteiger partial charge in [-0.15, -0.1) is 12.4 Å². The lowest BCUT2D eigenvalue weighted by molar-refractivity contribution is 0.0947. The number of fused-ring (bicyclic) bond motifs is 4. The van der Waals surface area contributed by atoms with Gasteiger partial charge in [0.2, 0.25) is 0 Å². The summed E-state index contributed by atoms with van der Waals surface area (Å²) in [4.78, 5) is 67.3. The summed E-state index contributed by atoms with van der Waals surface area (Å²) in [6, 6.07) is 21.9. The molecule has 13 nitrogen and oxygen atoms in total. The molecule has 2 amide bonds. The van der Waals surface area contributed by atoms with Crippen LogP contribution in [0.1, 0.15) is 33.6 Å². The fraction of sp³-hybridized carbons (Fsp3) is 0.349. The van der Waals surface area contributed by atoms with Crippen LogP contribution in [0.5, 0.6) is 0 Å². The Kier molecular flexibility index (Phi) is 14.7. The minimum Gasteiger partial charge on any atom is -0.383 e. The first-order valence-corrected chi connectivity index (χ1v) is 19.2. The van der Waals surface area contributed by atoms with Crippen molar-refractivity contribution >= 4 is 79.2 Å². The zero-order valence-electron chi connectivity index (χ0n) is 33.4. The predicted molar refractivity (Wildman–Crippen MR) is 237 cm³/mol. The highest BCUT2D eigenvalue weighted by Gasteiger charge is 2.19. The average molecular weight is 796 g/mol. The highest BCUT2D eigenvalue weighted by atomic mass is 35.5. The van der Waals surface area contributed by atoms with Gasteiger partial charge >= 0.3 is 0 Å². The maximum Gasteiger partial charge on any atom is 0.253 e. The number of benzene rings is 4. The first kappa shape index (κ1) is 42.7. The number of rotatable bonds is 18. The second kappa shape index (κ2) is 19.6. The molecule has 6 N–H and O–H groups in total. The van der Waals surface area contributed by atoms with Gasteiger partial charge in [0.05, 0.1) is 32.9 Å². The summed E-state index contributed by atoms with van der Waals surface area (Å²) in [5, 5.41) is 14.9. The van der Waals surface area contributed by atoms with E-state index in [2.05, 4.69) is 45.9 Å². The minimum absolute atomic E-state index is 0. The number of hydrogen-bond donors (Lipinski definition) is 6. The lowest BCUT2D eigenvalue weighted by Crippen LogP contribution is -2.31. The van der Waals surface area contributed by atoms with Gasteiger partial charge in [0.1, 0.15) is 0 Å². The van der Waals surface area contributed by atoms with Gasteiger partial charge in [0, 0.05) is 72.4 Å². The number of aromatic nitrogens is 2. The third kappa shape index (κ3) is 10.1. The number of H-pyrrole nitrogens is 2. The molecule has 6 rings (SSSR count). The molecule has 0 radical (unpaired) electrons. The zero-order valence-corrected chi connectivity index (χ0v) is 34.2. The van der Waals surface area contributed by atoms with Crippen molar-refractivity contribution in [2.75, 3.05) is 98.2 Å². The number of amides is 2. The number of nitrogens with zero attached hydrogens (tertiary/aromatic N) is 3. The molecule has 0 aliphatic carbocycles. The molecule has 4 aromatic carbocycles. The van der Waals surface area contributed by atoms with Crippen molar-refractivity contribution in [2.45, 2.75) is 12.8 Å². The molecule has 57 heavy (non-hydrogen) atoms. The lowest BCUT2D eigenvalue weighted by atomic mass is 10.0. The molecule has 0 spiro atoms. The Labute approximate surface area is 338 Å². The van der Waals surface area contributed by atoms with Gasteiger partial charge < -0.3 is 45.9 Å². The molecule has 0 unspecified atom stereocenters. The van der Waals surface area contributed by atoms with Crippen LogP contribution in [0.15, 0.2) is 82.4 Å². The molecule has 14 heteroatoms. The first-order valence-electron chi connectivity index (χ1n) is 19.2. The molecular formula is C43H54ClN9O4. The number of hydrogen-bond acceptors (Lipinski definition) is 9. The maximum absolute atomic E-state index is 13.7. The number of halogens is 1. The van der Waals surface area contributed by atoms with E-state index in [0.717, 1.165) is 39.0 Å². The first-order chi connectivity index (χ1) is 27.0. The Balaban J connectivity index is 0.00000620. The van der Waals surface area contributed by atoms with Crippen molar-refractivity contribution < 1.29 is 9.59 Å². The second-order valence-electron chi connectivity index (χ2n) is 14.8. The number of pyridine rings is 2. The second-order valence-corrected chi connectivity index (χ2v) is 14.8. The molecule has 6 aromatic rings. The van der Waals surface area contributed by atoms with Crippen molar-refractivity contribution in [3.05, 3.63) is 104 Å². The molecule has 0 saturated heterocycles. The molecule has 302 valence electrons. The fourth-order valence-electron chi connectivity index (χ4n) is 6.96. The Morgan fingerprint density at radius 3 is 1.35 bits per heavy atom. The van der Waals surface area contributed by atoms with E-state index in [1.54, 1.807) is 24.3 Å². The van der Waals surface area contributed by atoms with Gasteiger partial charge in [-0.3, -0.25) is 19.2 Å². The van der Waals surface area contributed by atoms with Crippen LogP contribution < -0.4 is 32.1 Å². The van der Waals surface area contributed by atoms with E-state index >= 15 is 0 Å².